The first kappa shape index (κ1) is 58.3. The minimum Gasteiger partial charge on any atom is -0.773 e. The van der Waals surface area contributed by atoms with E-state index in [-0.39, 0.29) is 94.0 Å². The van der Waals surface area contributed by atoms with Crippen LogP contribution in [0.1, 0.15) is 35.1 Å². The maximum absolute atomic E-state index is 10.8. The van der Waals surface area contributed by atoms with Crippen molar-refractivity contribution in [3.63, 3.8) is 0 Å². The molecule has 2 rings (SSSR count). The molecule has 0 aliphatic heterocycles. The van der Waals surface area contributed by atoms with Gasteiger partial charge < -0.3 is 19.4 Å². The second-order valence-electron chi connectivity index (χ2n) is 3.78. The summed E-state index contributed by atoms with van der Waals surface area (Å²) in [5.74, 6) is 0. The van der Waals surface area contributed by atoms with E-state index in [0.29, 0.717) is 4.90 Å². The Morgan fingerprint density at radius 3 is 1.16 bits per heavy atom. The van der Waals surface area contributed by atoms with Crippen molar-refractivity contribution >= 4 is 36.8 Å². The zero-order valence-electron chi connectivity index (χ0n) is 19.4. The molecule has 0 aliphatic carbocycles. The van der Waals surface area contributed by atoms with E-state index in [1.807, 2.05) is 58.0 Å². The van der Waals surface area contributed by atoms with E-state index in [0.717, 1.165) is 10.7 Å². The van der Waals surface area contributed by atoms with Crippen molar-refractivity contribution in [2.24, 2.45) is 0 Å². The number of benzene rings is 2. The number of halogens is 1. The van der Waals surface area contributed by atoms with Crippen molar-refractivity contribution in [2.45, 2.75) is 40.0 Å². The third kappa shape index (κ3) is 49.5. The second kappa shape index (κ2) is 41.6. The summed E-state index contributed by atoms with van der Waals surface area (Å²) in [5, 5.41) is 0. The summed E-state index contributed by atoms with van der Waals surface area (Å²) in [6.45, 7) is 8.00. The van der Waals surface area contributed by atoms with Crippen molar-refractivity contribution in [3.05, 3.63) is 80.0 Å². The molecule has 0 saturated heterocycles. The monoisotopic (exact) mass is 888 g/mol. The number of rotatable bonds is 1. The van der Waals surface area contributed by atoms with Gasteiger partial charge in [-0.15, -0.1) is 0 Å². The second-order valence-corrected chi connectivity index (χ2v) is 7.52. The standard InChI is InChI=1S/C7H8O2S.C6H5Br.2C2H6.CH4O2S.CH4.2CH3.Na.2W/c1-10(8,9)7-5-3-2-4-6-7;7-6-4-2-1-3-5-6;2*1-2;1-4(2)3;;;;;;/h2-6H,1H3;1-5H;2*1-2H3;1H3,(H,2,3);1H4;2*1H3;;;/q;;;;;;2*-1;+1;;/p-1. The number of hydrogen-bond donors (Lipinski definition) is 0. The Bertz CT molecular complexity index is 645. The summed E-state index contributed by atoms with van der Waals surface area (Å²) < 4.78 is 40.8. The molecule has 10 heteroatoms. The first-order valence-electron chi connectivity index (χ1n) is 7.70. The minimum absolute atomic E-state index is 0. The Labute approximate surface area is 255 Å². The number of sulfone groups is 1. The Balaban J connectivity index is -0.0000000298. The van der Waals surface area contributed by atoms with Crippen LogP contribution in [0.3, 0.4) is 0 Å². The van der Waals surface area contributed by atoms with Crippen molar-refractivity contribution in [2.75, 3.05) is 12.5 Å². The van der Waals surface area contributed by atoms with E-state index >= 15 is 0 Å². The predicted octanol–water partition coefficient (Wildman–Crippen LogP) is 3.62. The van der Waals surface area contributed by atoms with Crippen LogP contribution in [-0.4, -0.2) is 29.7 Å². The minimum atomic E-state index is -3.00. The summed E-state index contributed by atoms with van der Waals surface area (Å²) in [4.78, 5) is 0.370. The van der Waals surface area contributed by atoms with Crippen molar-refractivity contribution < 1.29 is 88.9 Å². The Hall–Kier alpha value is 1.36. The molecule has 0 heterocycles. The van der Waals surface area contributed by atoms with Crippen molar-refractivity contribution in [3.8, 4) is 0 Å². The summed E-state index contributed by atoms with van der Waals surface area (Å²) >= 11 is 1.45. The molecule has 0 amide bonds. The molecule has 0 spiro atoms. The molecule has 0 fully saturated rings. The first-order chi connectivity index (χ1) is 11.7. The van der Waals surface area contributed by atoms with Gasteiger partial charge in [0.25, 0.3) is 0 Å². The topological polar surface area (TPSA) is 74.3 Å². The Morgan fingerprint density at radius 1 is 0.806 bits per heavy atom. The van der Waals surface area contributed by atoms with Gasteiger partial charge in [0.15, 0.2) is 9.84 Å². The van der Waals surface area contributed by atoms with Crippen LogP contribution < -0.4 is 29.6 Å². The van der Waals surface area contributed by atoms with Crippen LogP contribution in [0.25, 0.3) is 0 Å². The van der Waals surface area contributed by atoms with E-state index in [1.165, 1.54) is 6.26 Å². The van der Waals surface area contributed by atoms with Crippen LogP contribution in [0.15, 0.2) is 70.0 Å². The molecule has 1 atom stereocenters. The predicted molar refractivity (Wildman–Crippen MR) is 131 cm³/mol. The van der Waals surface area contributed by atoms with Gasteiger partial charge in [-0.25, -0.2) is 8.42 Å². The fourth-order valence-electron chi connectivity index (χ4n) is 1.08. The fourth-order valence-corrected chi connectivity index (χ4v) is 2.04. The van der Waals surface area contributed by atoms with Crippen LogP contribution in [0, 0.1) is 14.9 Å². The molecule has 31 heavy (non-hydrogen) atoms. The van der Waals surface area contributed by atoms with Crippen LogP contribution in [-0.2, 0) is 63.0 Å². The molecule has 1 unspecified atom stereocenters. The summed E-state index contributed by atoms with van der Waals surface area (Å²) in [6, 6.07) is 18.3. The largest absolute Gasteiger partial charge is 1.00 e. The summed E-state index contributed by atoms with van der Waals surface area (Å²) in [6.07, 6.45) is 2.28. The first-order valence-corrected chi connectivity index (χ1v) is 11.9. The molecule has 2 aromatic carbocycles. The van der Waals surface area contributed by atoms with Gasteiger partial charge in [0.1, 0.15) is 0 Å². The van der Waals surface area contributed by atoms with E-state index < -0.39 is 20.9 Å². The average molecular weight is 889 g/mol. The van der Waals surface area contributed by atoms with Gasteiger partial charge in [-0.1, -0.05) is 98.5 Å². The van der Waals surface area contributed by atoms with Gasteiger partial charge in [-0.3, -0.25) is 4.21 Å². The average Bonchev–Trinajstić information content (AvgIpc) is 2.59. The van der Waals surface area contributed by atoms with E-state index in [4.69, 9.17) is 8.76 Å². The molecular formula is C21H38BrNaO4S2W2-2. The van der Waals surface area contributed by atoms with Crippen molar-refractivity contribution in [1.29, 1.82) is 0 Å². The normalized spacial score (nSPS) is 8.00. The van der Waals surface area contributed by atoms with Crippen LogP contribution in [0.5, 0.6) is 0 Å². The third-order valence-electron chi connectivity index (χ3n) is 1.90. The van der Waals surface area contributed by atoms with Gasteiger partial charge in [-0.05, 0) is 30.5 Å². The molecule has 0 saturated carbocycles. The third-order valence-corrected chi connectivity index (χ3v) is 3.56. The van der Waals surface area contributed by atoms with Gasteiger partial charge in [-0.2, -0.15) is 0 Å². The van der Waals surface area contributed by atoms with Crippen LogP contribution in [0.2, 0.25) is 0 Å². The Morgan fingerprint density at radius 2 is 1.03 bits per heavy atom. The quantitative estimate of drug-likeness (QED) is 0.250. The van der Waals surface area contributed by atoms with Gasteiger partial charge >= 0.3 is 29.6 Å². The molecule has 0 N–H and O–H groups in total. The molecule has 2 aromatic rings. The van der Waals surface area contributed by atoms with Crippen LogP contribution in [0.4, 0.5) is 0 Å². The van der Waals surface area contributed by atoms with E-state index in [2.05, 4.69) is 15.9 Å². The smallest absolute Gasteiger partial charge is 0.773 e. The molecule has 4 nitrogen and oxygen atoms in total. The van der Waals surface area contributed by atoms with E-state index in [9.17, 15) is 8.42 Å². The molecule has 0 aliphatic rings. The van der Waals surface area contributed by atoms with Crippen molar-refractivity contribution in [1.82, 2.24) is 0 Å². The molecule has 0 bridgehead atoms. The van der Waals surface area contributed by atoms with Crippen LogP contribution >= 0.6 is 15.9 Å². The zero-order chi connectivity index (χ0) is 20.3. The molecule has 0 aromatic heterocycles. The fraction of sp³-hybridized carbons (Fsp3) is 0.333. The molecule has 0 radical (unpaired) electrons. The maximum atomic E-state index is 10.8. The van der Waals surface area contributed by atoms with Gasteiger partial charge in [0, 0.05) is 52.9 Å². The van der Waals surface area contributed by atoms with Gasteiger partial charge in [0.2, 0.25) is 0 Å². The molecule has 180 valence electrons. The maximum Gasteiger partial charge on any atom is 1.00 e. The number of hydrogen-bond acceptors (Lipinski definition) is 4. The SMILES string of the molecule is Brc1ccccc1.C.CC.CC.CS(=O)(=O)c1ccccc1.CS(=O)[O-].[CH3-].[CH3-].[Na+].[W].[W]. The molecular weight excluding hydrogens is 851 g/mol. The summed E-state index contributed by atoms with van der Waals surface area (Å²) in [5.41, 5.74) is 0. The zero-order valence-corrected chi connectivity index (χ0v) is 30.5. The van der Waals surface area contributed by atoms with Gasteiger partial charge in [0.05, 0.1) is 4.90 Å². The summed E-state index contributed by atoms with van der Waals surface area (Å²) in [7, 11) is -3.00. The Kier molecular flexibility index (Phi) is 78.3. The van der Waals surface area contributed by atoms with E-state index in [1.54, 1.807) is 30.3 Å².